The number of benzene rings is 1. The predicted octanol–water partition coefficient (Wildman–Crippen LogP) is 2.58. The third-order valence-corrected chi connectivity index (χ3v) is 4.23. The molecule has 4 rings (SSSR count). The van der Waals surface area contributed by atoms with E-state index < -0.39 is 0 Å². The molecule has 4 aromatic rings. The van der Waals surface area contributed by atoms with Gasteiger partial charge in [0.05, 0.1) is 18.4 Å². The average Bonchev–Trinajstić information content (AvgIpc) is 3.29. The average molecular weight is 335 g/mol. The Morgan fingerprint density at radius 1 is 1.16 bits per heavy atom. The fraction of sp³-hybridized carbons (Fsp3) is 0.167. The van der Waals surface area contributed by atoms with E-state index in [-0.39, 0.29) is 5.56 Å². The molecule has 7 heteroatoms. The number of H-pyrrole nitrogens is 1. The molecule has 0 aliphatic rings. The maximum atomic E-state index is 12.9. The third-order valence-electron chi connectivity index (χ3n) is 4.23. The Balaban J connectivity index is 1.93. The van der Waals surface area contributed by atoms with Crippen LogP contribution in [0.2, 0.25) is 0 Å². The summed E-state index contributed by atoms with van der Waals surface area (Å²) in [4.78, 5) is 17.4. The molecule has 0 bridgehead atoms. The van der Waals surface area contributed by atoms with Crippen molar-refractivity contribution in [2.45, 2.75) is 13.5 Å². The first-order valence-corrected chi connectivity index (χ1v) is 7.99. The number of hydrogen-bond acceptors (Lipinski definition) is 4. The van der Waals surface area contributed by atoms with E-state index in [1.54, 1.807) is 30.4 Å². The lowest BCUT2D eigenvalue weighted by atomic mass is 10.1. The maximum Gasteiger partial charge on any atom is 0.282 e. The molecule has 1 N–H and O–H groups in total. The highest BCUT2D eigenvalue weighted by molar-refractivity contribution is 5.81. The maximum absolute atomic E-state index is 12.9. The Kier molecular flexibility index (Phi) is 3.61. The summed E-state index contributed by atoms with van der Waals surface area (Å²) in [5.74, 6) is 0.728. The number of aromatic nitrogens is 5. The minimum Gasteiger partial charge on any atom is -0.496 e. The molecule has 0 saturated heterocycles. The molecule has 3 aromatic heterocycles. The van der Waals surface area contributed by atoms with Gasteiger partial charge in [0.2, 0.25) is 0 Å². The number of para-hydroxylation sites is 1. The molecular formula is C18H17N5O2. The molecule has 0 radical (unpaired) electrons. The summed E-state index contributed by atoms with van der Waals surface area (Å²) in [5.41, 5.74) is 3.34. The lowest BCUT2D eigenvalue weighted by Crippen LogP contribution is -2.18. The molecule has 0 aliphatic carbocycles. The fourth-order valence-electron chi connectivity index (χ4n) is 3.01. The number of fused-ring (bicyclic) bond motifs is 1. The Morgan fingerprint density at radius 3 is 2.80 bits per heavy atom. The van der Waals surface area contributed by atoms with Gasteiger partial charge in [-0.05, 0) is 19.1 Å². The molecule has 0 saturated carbocycles. The van der Waals surface area contributed by atoms with Crippen LogP contribution in [-0.4, -0.2) is 31.5 Å². The molecular weight excluding hydrogens is 318 g/mol. The van der Waals surface area contributed by atoms with Crippen LogP contribution in [0.15, 0.2) is 53.7 Å². The van der Waals surface area contributed by atoms with Crippen molar-refractivity contribution in [1.82, 2.24) is 24.4 Å². The molecule has 3 heterocycles. The van der Waals surface area contributed by atoms with Crippen molar-refractivity contribution in [3.63, 3.8) is 0 Å². The van der Waals surface area contributed by atoms with Crippen LogP contribution in [0, 0.1) is 0 Å². The second-order valence-electron chi connectivity index (χ2n) is 5.56. The van der Waals surface area contributed by atoms with Crippen LogP contribution in [0.4, 0.5) is 0 Å². The number of nitrogens with one attached hydrogen (secondary N) is 1. The number of nitrogens with zero attached hydrogens (tertiary/aromatic N) is 4. The quantitative estimate of drug-likeness (QED) is 0.622. The van der Waals surface area contributed by atoms with Gasteiger partial charge < -0.3 is 4.74 Å². The Labute approximate surface area is 143 Å². The Bertz CT molecular complexity index is 1110. The van der Waals surface area contributed by atoms with Gasteiger partial charge in [-0.1, -0.05) is 18.2 Å². The van der Waals surface area contributed by atoms with Gasteiger partial charge in [-0.25, -0.2) is 9.50 Å². The highest BCUT2D eigenvalue weighted by atomic mass is 16.5. The first kappa shape index (κ1) is 15.2. The first-order valence-electron chi connectivity index (χ1n) is 7.99. The number of ether oxygens (including phenoxy) is 1. The second-order valence-corrected chi connectivity index (χ2v) is 5.56. The summed E-state index contributed by atoms with van der Waals surface area (Å²) in [6, 6.07) is 9.46. The smallest absolute Gasteiger partial charge is 0.282 e. The molecule has 126 valence electrons. The van der Waals surface area contributed by atoms with E-state index in [9.17, 15) is 4.79 Å². The van der Waals surface area contributed by atoms with Crippen LogP contribution in [0.5, 0.6) is 5.75 Å². The topological polar surface area (TPSA) is 77.2 Å². The van der Waals surface area contributed by atoms with E-state index in [1.165, 1.54) is 4.52 Å². The second kappa shape index (κ2) is 5.94. The summed E-state index contributed by atoms with van der Waals surface area (Å²) in [5, 5.41) is 7.22. The van der Waals surface area contributed by atoms with E-state index >= 15 is 0 Å². The lowest BCUT2D eigenvalue weighted by molar-refractivity contribution is 0.416. The minimum absolute atomic E-state index is 0.165. The Morgan fingerprint density at radius 2 is 2.00 bits per heavy atom. The van der Waals surface area contributed by atoms with Crippen molar-refractivity contribution in [2.24, 2.45) is 0 Å². The molecule has 0 aliphatic heterocycles. The summed E-state index contributed by atoms with van der Waals surface area (Å²) in [7, 11) is 1.62. The number of methoxy groups -OCH3 is 1. The molecule has 1 aromatic carbocycles. The largest absolute Gasteiger partial charge is 0.496 e. The van der Waals surface area contributed by atoms with Gasteiger partial charge >= 0.3 is 0 Å². The fourth-order valence-corrected chi connectivity index (χ4v) is 3.01. The molecule has 0 atom stereocenters. The zero-order valence-electron chi connectivity index (χ0n) is 13.9. The molecule has 0 spiro atoms. The standard InChI is InChI=1S/C18H17N5O2/c1-3-22-15(8-9-20-22)14-10-19-17-13(11-21-23(17)18(14)24)12-6-4-5-7-16(12)25-2/h4-11,21H,3H2,1-2H3. The van der Waals surface area contributed by atoms with Crippen LogP contribution < -0.4 is 10.3 Å². The molecule has 0 amide bonds. The predicted molar refractivity (Wildman–Crippen MR) is 94.7 cm³/mol. The zero-order chi connectivity index (χ0) is 17.4. The summed E-state index contributed by atoms with van der Waals surface area (Å²) in [6.07, 6.45) is 5.05. The van der Waals surface area contributed by atoms with E-state index in [4.69, 9.17) is 4.74 Å². The first-order chi connectivity index (χ1) is 12.2. The van der Waals surface area contributed by atoms with Gasteiger partial charge in [-0.3, -0.25) is 14.6 Å². The van der Waals surface area contributed by atoms with Crippen molar-refractivity contribution < 1.29 is 4.74 Å². The highest BCUT2D eigenvalue weighted by Crippen LogP contribution is 2.31. The zero-order valence-corrected chi connectivity index (χ0v) is 13.9. The monoisotopic (exact) mass is 335 g/mol. The van der Waals surface area contributed by atoms with E-state index in [2.05, 4.69) is 15.2 Å². The SMILES string of the molecule is CCn1nccc1-c1cnc2c(-c3ccccc3OC)c[nH]n2c1=O. The van der Waals surface area contributed by atoms with Crippen LogP contribution in [-0.2, 0) is 6.54 Å². The van der Waals surface area contributed by atoms with Crippen LogP contribution in [0.25, 0.3) is 28.0 Å². The van der Waals surface area contributed by atoms with Crippen molar-refractivity contribution in [3.05, 3.63) is 59.3 Å². The van der Waals surface area contributed by atoms with E-state index in [1.807, 2.05) is 37.3 Å². The lowest BCUT2D eigenvalue weighted by Gasteiger charge is -2.07. The number of rotatable bonds is 4. The number of hydrogen-bond donors (Lipinski definition) is 1. The third kappa shape index (κ3) is 2.32. The van der Waals surface area contributed by atoms with Crippen molar-refractivity contribution in [1.29, 1.82) is 0 Å². The van der Waals surface area contributed by atoms with Gasteiger partial charge in [0.15, 0.2) is 5.65 Å². The summed E-state index contributed by atoms with van der Waals surface area (Å²) in [6.45, 7) is 2.66. The van der Waals surface area contributed by atoms with Gasteiger partial charge in [0.25, 0.3) is 5.56 Å². The Hall–Kier alpha value is -3.35. The van der Waals surface area contributed by atoms with Crippen molar-refractivity contribution in [2.75, 3.05) is 7.11 Å². The summed E-state index contributed by atoms with van der Waals surface area (Å²) < 4.78 is 8.64. The van der Waals surface area contributed by atoms with Gasteiger partial charge in [0, 0.05) is 36.3 Å². The number of aryl methyl sites for hydroxylation is 1. The normalized spacial score (nSPS) is 11.1. The van der Waals surface area contributed by atoms with Gasteiger partial charge in [-0.2, -0.15) is 5.10 Å². The molecule has 0 fully saturated rings. The molecule has 25 heavy (non-hydrogen) atoms. The van der Waals surface area contributed by atoms with Crippen LogP contribution in [0.1, 0.15) is 6.92 Å². The van der Waals surface area contributed by atoms with E-state index in [0.29, 0.717) is 17.8 Å². The highest BCUT2D eigenvalue weighted by Gasteiger charge is 2.16. The van der Waals surface area contributed by atoms with Gasteiger partial charge in [-0.15, -0.1) is 0 Å². The van der Waals surface area contributed by atoms with E-state index in [0.717, 1.165) is 22.6 Å². The van der Waals surface area contributed by atoms with Gasteiger partial charge in [0.1, 0.15) is 5.75 Å². The minimum atomic E-state index is -0.165. The number of aromatic amines is 1. The van der Waals surface area contributed by atoms with Crippen LogP contribution in [0.3, 0.4) is 0 Å². The summed E-state index contributed by atoms with van der Waals surface area (Å²) >= 11 is 0. The van der Waals surface area contributed by atoms with Crippen molar-refractivity contribution in [3.8, 4) is 28.1 Å². The molecule has 0 unspecified atom stereocenters. The molecule has 7 nitrogen and oxygen atoms in total. The van der Waals surface area contributed by atoms with Crippen molar-refractivity contribution >= 4 is 5.65 Å². The van der Waals surface area contributed by atoms with Crippen LogP contribution >= 0.6 is 0 Å².